The van der Waals surface area contributed by atoms with Gasteiger partial charge in [-0.1, -0.05) is 12.5 Å². The summed E-state index contributed by atoms with van der Waals surface area (Å²) in [6, 6.07) is 3.59. The van der Waals surface area contributed by atoms with Crippen molar-refractivity contribution in [1.82, 2.24) is 0 Å². The quantitative estimate of drug-likeness (QED) is 0.875. The molecule has 0 aromatic heterocycles. The first kappa shape index (κ1) is 12.1. The maximum atomic E-state index is 13.5. The summed E-state index contributed by atoms with van der Waals surface area (Å²) >= 11 is 0. The van der Waals surface area contributed by atoms with E-state index in [1.165, 1.54) is 31.4 Å². The van der Waals surface area contributed by atoms with Crippen molar-refractivity contribution in [3.63, 3.8) is 0 Å². The topological polar surface area (TPSA) is 20.2 Å². The fourth-order valence-electron chi connectivity index (χ4n) is 3.83. The Morgan fingerprint density at radius 1 is 1.22 bits per heavy atom. The molecule has 3 rings (SSSR count). The number of rotatable bonds is 3. The van der Waals surface area contributed by atoms with Gasteiger partial charge in [-0.2, -0.15) is 0 Å². The number of benzene rings is 1. The molecule has 3 heteroatoms. The van der Waals surface area contributed by atoms with Crippen LogP contribution in [-0.2, 0) is 6.42 Å². The zero-order valence-corrected chi connectivity index (χ0v) is 10.3. The Morgan fingerprint density at radius 3 is 2.67 bits per heavy atom. The van der Waals surface area contributed by atoms with Crippen LogP contribution in [0.4, 0.5) is 8.78 Å². The average Bonchev–Trinajstić information content (AvgIpc) is 2.94. The van der Waals surface area contributed by atoms with Crippen molar-refractivity contribution < 1.29 is 13.9 Å². The molecular formula is C15H18F2O. The van der Waals surface area contributed by atoms with Crippen molar-refractivity contribution in [3.8, 4) is 0 Å². The normalized spacial score (nSPS) is 31.8. The van der Waals surface area contributed by atoms with E-state index in [-0.39, 0.29) is 0 Å². The Hall–Kier alpha value is -0.960. The molecular weight excluding hydrogens is 234 g/mol. The summed E-state index contributed by atoms with van der Waals surface area (Å²) in [7, 11) is 0. The molecule has 2 bridgehead atoms. The van der Waals surface area contributed by atoms with Crippen LogP contribution in [0.3, 0.4) is 0 Å². The molecule has 18 heavy (non-hydrogen) atoms. The Bertz CT molecular complexity index is 446. The average molecular weight is 252 g/mol. The van der Waals surface area contributed by atoms with E-state index in [1.807, 2.05) is 0 Å². The van der Waals surface area contributed by atoms with Gasteiger partial charge in [-0.3, -0.25) is 0 Å². The lowest BCUT2D eigenvalue weighted by Crippen LogP contribution is -2.27. The highest BCUT2D eigenvalue weighted by atomic mass is 19.1. The first-order valence-electron chi connectivity index (χ1n) is 6.75. The predicted molar refractivity (Wildman–Crippen MR) is 65.0 cm³/mol. The summed E-state index contributed by atoms with van der Waals surface area (Å²) in [5, 5.41) is 10.3. The van der Waals surface area contributed by atoms with Gasteiger partial charge < -0.3 is 5.11 Å². The fourth-order valence-corrected chi connectivity index (χ4v) is 3.83. The van der Waals surface area contributed by atoms with E-state index in [4.69, 9.17) is 0 Å². The van der Waals surface area contributed by atoms with Gasteiger partial charge in [0.05, 0.1) is 6.10 Å². The standard InChI is InChI=1S/C15H18F2O/c16-12-4-3-11(14(17)8-12)7-15(18)13-6-9-1-2-10(13)5-9/h3-4,8-10,13,15,18H,1-2,5-7H2. The third-order valence-corrected chi connectivity index (χ3v) is 4.73. The van der Waals surface area contributed by atoms with Gasteiger partial charge in [0.1, 0.15) is 11.6 Å². The molecule has 1 aromatic rings. The molecule has 0 saturated heterocycles. The summed E-state index contributed by atoms with van der Waals surface area (Å²) in [6.45, 7) is 0. The number of halogens is 2. The maximum Gasteiger partial charge on any atom is 0.129 e. The maximum absolute atomic E-state index is 13.5. The van der Waals surface area contributed by atoms with Gasteiger partial charge in [-0.25, -0.2) is 8.78 Å². The molecule has 0 amide bonds. The van der Waals surface area contributed by atoms with E-state index in [2.05, 4.69) is 0 Å². The first-order chi connectivity index (χ1) is 8.63. The number of fused-ring (bicyclic) bond motifs is 2. The first-order valence-corrected chi connectivity index (χ1v) is 6.75. The Kier molecular flexibility index (Phi) is 3.10. The Balaban J connectivity index is 1.69. The molecule has 98 valence electrons. The lowest BCUT2D eigenvalue weighted by atomic mass is 9.82. The van der Waals surface area contributed by atoms with Crippen molar-refractivity contribution in [1.29, 1.82) is 0 Å². The van der Waals surface area contributed by atoms with E-state index in [0.717, 1.165) is 18.4 Å². The minimum atomic E-state index is -0.564. The Morgan fingerprint density at radius 2 is 2.06 bits per heavy atom. The smallest absolute Gasteiger partial charge is 0.129 e. The van der Waals surface area contributed by atoms with Crippen molar-refractivity contribution >= 4 is 0 Å². The molecule has 2 saturated carbocycles. The molecule has 0 radical (unpaired) electrons. The summed E-state index contributed by atoms with van der Waals surface area (Å²) in [4.78, 5) is 0. The molecule has 4 atom stereocenters. The number of hydrogen-bond donors (Lipinski definition) is 1. The van der Waals surface area contributed by atoms with E-state index in [0.29, 0.717) is 23.8 Å². The van der Waals surface area contributed by atoms with Crippen molar-refractivity contribution in [2.45, 2.75) is 38.2 Å². The van der Waals surface area contributed by atoms with Crippen molar-refractivity contribution in [3.05, 3.63) is 35.4 Å². The molecule has 1 nitrogen and oxygen atoms in total. The highest BCUT2D eigenvalue weighted by Gasteiger charge is 2.42. The van der Waals surface area contributed by atoms with Gasteiger partial charge in [-0.05, 0) is 48.6 Å². The Labute approximate surface area is 106 Å². The zero-order chi connectivity index (χ0) is 12.7. The van der Waals surface area contributed by atoms with Gasteiger partial charge in [0.25, 0.3) is 0 Å². The van der Waals surface area contributed by atoms with Crippen LogP contribution in [-0.4, -0.2) is 11.2 Å². The molecule has 0 aliphatic heterocycles. The molecule has 0 heterocycles. The summed E-state index contributed by atoms with van der Waals surface area (Å²) in [5.74, 6) is 0.595. The van der Waals surface area contributed by atoms with Crippen LogP contribution in [0.2, 0.25) is 0 Å². The summed E-state index contributed by atoms with van der Waals surface area (Å²) < 4.78 is 26.3. The van der Waals surface area contributed by atoms with Crippen molar-refractivity contribution in [2.75, 3.05) is 0 Å². The minimum Gasteiger partial charge on any atom is -0.392 e. The fraction of sp³-hybridized carbons (Fsp3) is 0.600. The second kappa shape index (κ2) is 4.61. The molecule has 2 fully saturated rings. The SMILES string of the molecule is OC(Cc1ccc(F)cc1F)C1CC2CCC1C2. The highest BCUT2D eigenvalue weighted by molar-refractivity contribution is 5.19. The second-order valence-electron chi connectivity index (χ2n) is 5.85. The zero-order valence-electron chi connectivity index (χ0n) is 10.3. The van der Waals surface area contributed by atoms with Crippen molar-refractivity contribution in [2.24, 2.45) is 17.8 Å². The van der Waals surface area contributed by atoms with Crippen LogP contribution in [0.25, 0.3) is 0 Å². The molecule has 1 aromatic carbocycles. The van der Waals surface area contributed by atoms with Crippen LogP contribution in [0, 0.1) is 29.4 Å². The molecule has 2 aliphatic rings. The summed E-state index contributed by atoms with van der Waals surface area (Å²) in [6.07, 6.45) is 4.62. The van der Waals surface area contributed by atoms with E-state index in [9.17, 15) is 13.9 Å². The van der Waals surface area contributed by atoms with Crippen LogP contribution in [0.1, 0.15) is 31.2 Å². The van der Waals surface area contributed by atoms with Crippen LogP contribution in [0.15, 0.2) is 18.2 Å². The largest absolute Gasteiger partial charge is 0.392 e. The lowest BCUT2D eigenvalue weighted by Gasteiger charge is -2.26. The number of hydrogen-bond acceptors (Lipinski definition) is 1. The van der Waals surface area contributed by atoms with Gasteiger partial charge in [0, 0.05) is 12.5 Å². The van der Waals surface area contributed by atoms with Crippen LogP contribution in [0.5, 0.6) is 0 Å². The summed E-state index contributed by atoms with van der Waals surface area (Å²) in [5.41, 5.74) is 0.423. The third-order valence-electron chi connectivity index (χ3n) is 4.73. The van der Waals surface area contributed by atoms with Gasteiger partial charge in [0.15, 0.2) is 0 Å². The monoisotopic (exact) mass is 252 g/mol. The molecule has 4 unspecified atom stereocenters. The predicted octanol–water partition coefficient (Wildman–Crippen LogP) is 3.30. The molecule has 1 N–H and O–H groups in total. The number of aliphatic hydroxyl groups excluding tert-OH is 1. The van der Waals surface area contributed by atoms with Crippen LogP contribution >= 0.6 is 0 Å². The lowest BCUT2D eigenvalue weighted by molar-refractivity contribution is 0.0743. The van der Waals surface area contributed by atoms with Gasteiger partial charge in [-0.15, -0.1) is 0 Å². The van der Waals surface area contributed by atoms with Gasteiger partial charge in [0.2, 0.25) is 0 Å². The number of aliphatic hydroxyl groups is 1. The second-order valence-corrected chi connectivity index (χ2v) is 5.85. The van der Waals surface area contributed by atoms with Crippen LogP contribution < -0.4 is 0 Å². The van der Waals surface area contributed by atoms with E-state index in [1.54, 1.807) is 0 Å². The molecule has 2 aliphatic carbocycles. The van der Waals surface area contributed by atoms with E-state index < -0.39 is 17.7 Å². The van der Waals surface area contributed by atoms with Gasteiger partial charge >= 0.3 is 0 Å². The minimum absolute atomic E-state index is 0.306. The highest BCUT2D eigenvalue weighted by Crippen LogP contribution is 2.49. The molecule has 0 spiro atoms. The van der Waals surface area contributed by atoms with E-state index >= 15 is 0 Å². The third kappa shape index (κ3) is 2.16.